The number of esters is 1. The molecule has 3 heterocycles. The van der Waals surface area contributed by atoms with E-state index in [9.17, 15) is 19.5 Å². The molecule has 3 saturated heterocycles. The monoisotopic (exact) mass is 526 g/mol. The van der Waals surface area contributed by atoms with E-state index in [1.165, 1.54) is 0 Å². The summed E-state index contributed by atoms with van der Waals surface area (Å²) in [6, 6.07) is 9.11. The lowest BCUT2D eigenvalue weighted by Crippen LogP contribution is -2.54. The lowest BCUT2D eigenvalue weighted by atomic mass is 9.66. The van der Waals surface area contributed by atoms with Crippen LogP contribution < -0.4 is 0 Å². The Balaban J connectivity index is 1.69. The van der Waals surface area contributed by atoms with Gasteiger partial charge in [0.15, 0.2) is 0 Å². The van der Waals surface area contributed by atoms with Crippen LogP contribution in [0.15, 0.2) is 55.6 Å². The Hall–Kier alpha value is -2.58. The Kier molecular flexibility index (Phi) is 8.49. The average molecular weight is 527 g/mol. The minimum Gasteiger partial charge on any atom is -0.465 e. The molecule has 0 aromatic heterocycles. The van der Waals surface area contributed by atoms with Gasteiger partial charge in [-0.1, -0.05) is 42.5 Å². The third kappa shape index (κ3) is 4.98. The van der Waals surface area contributed by atoms with Gasteiger partial charge in [0, 0.05) is 31.0 Å². The Morgan fingerprint density at radius 2 is 1.97 bits per heavy atom. The summed E-state index contributed by atoms with van der Waals surface area (Å²) in [4.78, 5) is 45.2. The van der Waals surface area contributed by atoms with Gasteiger partial charge in [0.25, 0.3) is 0 Å². The van der Waals surface area contributed by atoms with Crippen LogP contribution >= 0.6 is 11.8 Å². The molecular formula is C29H38N2O5S. The summed E-state index contributed by atoms with van der Waals surface area (Å²) in [6.07, 6.45) is 6.54. The number of ether oxygens (including phenoxy) is 1. The van der Waals surface area contributed by atoms with E-state index in [4.69, 9.17) is 4.74 Å². The average Bonchev–Trinajstić information content (AvgIpc) is 3.45. The summed E-state index contributed by atoms with van der Waals surface area (Å²) in [5.74, 6) is -1.80. The number of aliphatic hydroxyl groups is 1. The molecule has 37 heavy (non-hydrogen) atoms. The predicted octanol–water partition coefficient (Wildman–Crippen LogP) is 3.57. The quantitative estimate of drug-likeness (QED) is 0.240. The van der Waals surface area contributed by atoms with Crippen molar-refractivity contribution >= 4 is 29.5 Å². The molecule has 0 radical (unpaired) electrons. The standard InChI is InChI=1S/C29H38N2O5S/c1-4-6-19-36-27(35)23-22-25(33)31(17-10-11-18-32)24(29(22)15-14-28(23,3)37-29)26(34)30(16-5-2)20-21-12-8-7-9-13-21/h4-5,7-9,12-13,22-24,32H,1-2,6,10-11,14-20H2,3H3/t22-,23-,24?,28+,29?/m0/s1. The van der Waals surface area contributed by atoms with Crippen molar-refractivity contribution in [1.29, 1.82) is 0 Å². The van der Waals surface area contributed by atoms with Crippen molar-refractivity contribution in [3.8, 4) is 0 Å². The van der Waals surface area contributed by atoms with Gasteiger partial charge < -0.3 is 19.6 Å². The second-order valence-corrected chi connectivity index (χ2v) is 12.3. The largest absolute Gasteiger partial charge is 0.465 e. The molecule has 2 unspecified atom stereocenters. The lowest BCUT2D eigenvalue weighted by molar-refractivity contribution is -0.155. The number of unbranched alkanes of at least 4 members (excludes halogenated alkanes) is 1. The lowest BCUT2D eigenvalue weighted by Gasteiger charge is -2.37. The van der Waals surface area contributed by atoms with Crippen molar-refractivity contribution in [1.82, 2.24) is 9.80 Å². The first-order valence-corrected chi connectivity index (χ1v) is 14.0. The number of hydrogen-bond acceptors (Lipinski definition) is 6. The summed E-state index contributed by atoms with van der Waals surface area (Å²) in [5.41, 5.74) is 1.00. The van der Waals surface area contributed by atoms with Gasteiger partial charge in [0.2, 0.25) is 11.8 Å². The Labute approximate surface area is 223 Å². The van der Waals surface area contributed by atoms with Crippen LogP contribution in [-0.4, -0.2) is 74.5 Å². The highest BCUT2D eigenvalue weighted by atomic mass is 32.2. The van der Waals surface area contributed by atoms with E-state index < -0.39 is 27.4 Å². The van der Waals surface area contributed by atoms with Crippen molar-refractivity contribution in [2.75, 3.05) is 26.3 Å². The molecule has 5 atom stereocenters. The van der Waals surface area contributed by atoms with Crippen LogP contribution in [0.1, 0.15) is 44.6 Å². The molecule has 2 bridgehead atoms. The van der Waals surface area contributed by atoms with Crippen LogP contribution in [0, 0.1) is 11.8 Å². The number of likely N-dealkylation sites (tertiary alicyclic amines) is 1. The Bertz CT molecular complexity index is 1030. The van der Waals surface area contributed by atoms with Crippen molar-refractivity contribution < 1.29 is 24.2 Å². The molecule has 7 nitrogen and oxygen atoms in total. The smallest absolute Gasteiger partial charge is 0.311 e. The number of carbonyl (C=O) groups excluding carboxylic acids is 3. The van der Waals surface area contributed by atoms with Crippen LogP contribution in [-0.2, 0) is 25.7 Å². The maximum atomic E-state index is 14.3. The number of benzene rings is 1. The highest BCUT2D eigenvalue weighted by Crippen LogP contribution is 2.71. The first-order chi connectivity index (χ1) is 17.8. The van der Waals surface area contributed by atoms with Crippen molar-refractivity contribution in [3.63, 3.8) is 0 Å². The molecule has 200 valence electrons. The van der Waals surface area contributed by atoms with Gasteiger partial charge in [-0.15, -0.1) is 24.9 Å². The number of amides is 2. The molecule has 1 spiro atoms. The maximum absolute atomic E-state index is 14.3. The van der Waals surface area contributed by atoms with Gasteiger partial charge in [0.1, 0.15) is 6.04 Å². The van der Waals surface area contributed by atoms with Crippen LogP contribution in [0.3, 0.4) is 0 Å². The zero-order chi connectivity index (χ0) is 26.6. The van der Waals surface area contributed by atoms with Gasteiger partial charge in [0.05, 0.1) is 23.2 Å². The van der Waals surface area contributed by atoms with Crippen molar-refractivity contribution in [2.24, 2.45) is 11.8 Å². The fraction of sp³-hybridized carbons (Fsp3) is 0.552. The first-order valence-electron chi connectivity index (χ1n) is 13.2. The fourth-order valence-corrected chi connectivity index (χ4v) is 8.73. The van der Waals surface area contributed by atoms with E-state index in [0.29, 0.717) is 45.3 Å². The molecule has 4 rings (SSSR count). The third-order valence-electron chi connectivity index (χ3n) is 8.02. The molecule has 3 aliphatic rings. The second-order valence-electron chi connectivity index (χ2n) is 10.4. The molecule has 0 aliphatic carbocycles. The van der Waals surface area contributed by atoms with Crippen LogP contribution in [0.5, 0.6) is 0 Å². The van der Waals surface area contributed by atoms with E-state index in [1.807, 2.05) is 37.3 Å². The van der Waals surface area contributed by atoms with Gasteiger partial charge in [-0.25, -0.2) is 0 Å². The molecular weight excluding hydrogens is 488 g/mol. The van der Waals surface area contributed by atoms with Gasteiger partial charge in [-0.05, 0) is 44.6 Å². The second kappa shape index (κ2) is 11.4. The minimum atomic E-state index is -0.680. The maximum Gasteiger partial charge on any atom is 0.311 e. The Morgan fingerprint density at radius 1 is 1.22 bits per heavy atom. The number of nitrogens with zero attached hydrogens (tertiary/aromatic N) is 2. The van der Waals surface area contributed by atoms with E-state index in [0.717, 1.165) is 12.0 Å². The normalized spacial score (nSPS) is 29.7. The highest BCUT2D eigenvalue weighted by Gasteiger charge is 2.77. The molecule has 2 amide bonds. The number of fused-ring (bicyclic) bond motifs is 1. The number of aliphatic hydroxyl groups excluding tert-OH is 1. The fourth-order valence-electron chi connectivity index (χ4n) is 6.39. The van der Waals surface area contributed by atoms with Gasteiger partial charge in [-0.3, -0.25) is 14.4 Å². The van der Waals surface area contributed by atoms with Crippen molar-refractivity contribution in [2.45, 2.75) is 61.1 Å². The molecule has 3 aliphatic heterocycles. The Morgan fingerprint density at radius 3 is 2.65 bits per heavy atom. The van der Waals surface area contributed by atoms with Gasteiger partial charge in [-0.2, -0.15) is 0 Å². The molecule has 1 aromatic rings. The summed E-state index contributed by atoms with van der Waals surface area (Å²) >= 11 is 1.65. The minimum absolute atomic E-state index is 0.0247. The summed E-state index contributed by atoms with van der Waals surface area (Å²) in [6.45, 7) is 11.0. The first kappa shape index (κ1) is 27.5. The molecule has 3 fully saturated rings. The van der Waals surface area contributed by atoms with E-state index in [-0.39, 0.29) is 31.0 Å². The topological polar surface area (TPSA) is 87.1 Å². The summed E-state index contributed by atoms with van der Waals surface area (Å²) in [5, 5.41) is 9.36. The van der Waals surface area contributed by atoms with Crippen LogP contribution in [0.4, 0.5) is 0 Å². The number of thioether (sulfide) groups is 1. The summed E-state index contributed by atoms with van der Waals surface area (Å²) in [7, 11) is 0. The molecule has 1 aromatic carbocycles. The molecule has 0 saturated carbocycles. The molecule has 1 N–H and O–H groups in total. The predicted molar refractivity (Wildman–Crippen MR) is 145 cm³/mol. The van der Waals surface area contributed by atoms with Crippen LogP contribution in [0.25, 0.3) is 0 Å². The number of carbonyl (C=O) groups is 3. The number of hydrogen-bond donors (Lipinski definition) is 1. The third-order valence-corrected chi connectivity index (χ3v) is 10.0. The SMILES string of the molecule is C=CCCOC(=O)[C@@H]1[C@H]2C(=O)N(CCCCO)C(C(=O)N(CC=C)Cc3ccccc3)C23CC[C@@]1(C)S3. The van der Waals surface area contributed by atoms with E-state index in [1.54, 1.807) is 33.7 Å². The van der Waals surface area contributed by atoms with Crippen molar-refractivity contribution in [3.05, 3.63) is 61.2 Å². The zero-order valence-electron chi connectivity index (χ0n) is 21.6. The van der Waals surface area contributed by atoms with E-state index >= 15 is 0 Å². The number of rotatable bonds is 13. The van der Waals surface area contributed by atoms with Crippen LogP contribution in [0.2, 0.25) is 0 Å². The highest BCUT2D eigenvalue weighted by molar-refractivity contribution is 8.02. The molecule has 8 heteroatoms. The summed E-state index contributed by atoms with van der Waals surface area (Å²) < 4.78 is 4.46. The van der Waals surface area contributed by atoms with Gasteiger partial charge >= 0.3 is 5.97 Å². The zero-order valence-corrected chi connectivity index (χ0v) is 22.5. The van der Waals surface area contributed by atoms with E-state index in [2.05, 4.69) is 13.2 Å².